The van der Waals surface area contributed by atoms with Crippen molar-refractivity contribution in [3.05, 3.63) is 46.6 Å². The molecule has 100 valence electrons. The van der Waals surface area contributed by atoms with Gasteiger partial charge in [-0.25, -0.2) is 0 Å². The number of aromatic nitrogens is 2. The number of halogens is 1. The standard InChI is InChI=1S/C14H15ClN2O2/c1-2-4-12(18)9-14-16-13(17-19-14)8-10-5-3-6-11(15)7-10/h3,5-7H,2,4,8-9H2,1H3. The van der Waals surface area contributed by atoms with Crippen LogP contribution in [0.5, 0.6) is 0 Å². The van der Waals surface area contributed by atoms with Crippen molar-refractivity contribution in [3.63, 3.8) is 0 Å². The number of carbonyl (C=O) groups is 1. The second-order valence-corrected chi connectivity index (χ2v) is 4.81. The van der Waals surface area contributed by atoms with Gasteiger partial charge in [0.15, 0.2) is 5.82 Å². The van der Waals surface area contributed by atoms with Crippen LogP contribution in [0.2, 0.25) is 5.02 Å². The molecule has 0 aliphatic carbocycles. The maximum Gasteiger partial charge on any atom is 0.234 e. The van der Waals surface area contributed by atoms with Crippen molar-refractivity contribution in [2.45, 2.75) is 32.6 Å². The first-order valence-electron chi connectivity index (χ1n) is 6.25. The van der Waals surface area contributed by atoms with E-state index < -0.39 is 0 Å². The van der Waals surface area contributed by atoms with Gasteiger partial charge in [-0.3, -0.25) is 4.79 Å². The molecule has 1 aromatic carbocycles. The number of hydrogen-bond donors (Lipinski definition) is 0. The van der Waals surface area contributed by atoms with Crippen LogP contribution >= 0.6 is 11.6 Å². The normalized spacial score (nSPS) is 10.6. The molecule has 0 spiro atoms. The lowest BCUT2D eigenvalue weighted by Gasteiger charge is -1.96. The molecule has 5 heteroatoms. The fourth-order valence-corrected chi connectivity index (χ4v) is 2.01. The Labute approximate surface area is 116 Å². The largest absolute Gasteiger partial charge is 0.339 e. The highest BCUT2D eigenvalue weighted by Crippen LogP contribution is 2.13. The molecule has 0 amide bonds. The minimum atomic E-state index is 0.125. The molecule has 2 aromatic rings. The average molecular weight is 279 g/mol. The Balaban J connectivity index is 1.99. The smallest absolute Gasteiger partial charge is 0.234 e. The fourth-order valence-electron chi connectivity index (χ4n) is 1.80. The quantitative estimate of drug-likeness (QED) is 0.814. The molecular formula is C14H15ClN2O2. The van der Waals surface area contributed by atoms with Crippen LogP contribution < -0.4 is 0 Å². The van der Waals surface area contributed by atoms with Crippen LogP contribution in [-0.2, 0) is 17.6 Å². The zero-order valence-corrected chi connectivity index (χ0v) is 11.5. The molecule has 19 heavy (non-hydrogen) atoms. The highest BCUT2D eigenvalue weighted by atomic mass is 35.5. The summed E-state index contributed by atoms with van der Waals surface area (Å²) in [5.74, 6) is 1.08. The number of ketones is 1. The predicted molar refractivity (Wildman–Crippen MR) is 72.2 cm³/mol. The lowest BCUT2D eigenvalue weighted by molar-refractivity contribution is -0.118. The van der Waals surface area contributed by atoms with E-state index in [0.717, 1.165) is 12.0 Å². The first kappa shape index (κ1) is 13.7. The molecule has 2 rings (SSSR count). The van der Waals surface area contributed by atoms with E-state index in [4.69, 9.17) is 16.1 Å². The zero-order valence-electron chi connectivity index (χ0n) is 10.7. The summed E-state index contributed by atoms with van der Waals surface area (Å²) in [6, 6.07) is 7.50. The number of hydrogen-bond acceptors (Lipinski definition) is 4. The molecule has 0 aliphatic heterocycles. The Morgan fingerprint density at radius 2 is 2.26 bits per heavy atom. The number of nitrogens with zero attached hydrogens (tertiary/aromatic N) is 2. The highest BCUT2D eigenvalue weighted by molar-refractivity contribution is 6.30. The second kappa shape index (κ2) is 6.48. The van der Waals surface area contributed by atoms with E-state index in [1.807, 2.05) is 31.2 Å². The summed E-state index contributed by atoms with van der Waals surface area (Å²) < 4.78 is 5.07. The number of rotatable bonds is 6. The average Bonchev–Trinajstić information content (AvgIpc) is 2.76. The molecular weight excluding hydrogens is 264 g/mol. The molecule has 0 saturated heterocycles. The van der Waals surface area contributed by atoms with Crippen molar-refractivity contribution in [2.75, 3.05) is 0 Å². The summed E-state index contributed by atoms with van der Waals surface area (Å²) in [6.07, 6.45) is 2.15. The van der Waals surface area contributed by atoms with Gasteiger partial charge < -0.3 is 4.52 Å². The van der Waals surface area contributed by atoms with Gasteiger partial charge in [0.05, 0.1) is 6.42 Å². The van der Waals surface area contributed by atoms with Crippen LogP contribution in [0.4, 0.5) is 0 Å². The van der Waals surface area contributed by atoms with Gasteiger partial charge in [-0.05, 0) is 24.1 Å². The molecule has 0 atom stereocenters. The highest BCUT2D eigenvalue weighted by Gasteiger charge is 2.11. The monoisotopic (exact) mass is 278 g/mol. The summed E-state index contributed by atoms with van der Waals surface area (Å²) >= 11 is 5.91. The Morgan fingerprint density at radius 3 is 3.00 bits per heavy atom. The van der Waals surface area contributed by atoms with Crippen molar-refractivity contribution in [3.8, 4) is 0 Å². The summed E-state index contributed by atoms with van der Waals surface area (Å²) in [5.41, 5.74) is 1.01. The van der Waals surface area contributed by atoms with Crippen LogP contribution in [-0.4, -0.2) is 15.9 Å². The van der Waals surface area contributed by atoms with Crippen molar-refractivity contribution < 1.29 is 9.32 Å². The maximum absolute atomic E-state index is 11.5. The SMILES string of the molecule is CCCC(=O)Cc1nc(Cc2cccc(Cl)c2)no1. The van der Waals surface area contributed by atoms with Crippen LogP contribution in [0, 0.1) is 0 Å². The Hall–Kier alpha value is -1.68. The Kier molecular flexibility index (Phi) is 4.68. The molecule has 4 nitrogen and oxygen atoms in total. The third-order valence-corrected chi connectivity index (χ3v) is 2.87. The van der Waals surface area contributed by atoms with Gasteiger partial charge in [-0.1, -0.05) is 35.8 Å². The summed E-state index contributed by atoms with van der Waals surface area (Å²) in [6.45, 7) is 1.97. The summed E-state index contributed by atoms with van der Waals surface area (Å²) in [4.78, 5) is 15.7. The van der Waals surface area contributed by atoms with Gasteiger partial charge in [0.1, 0.15) is 5.78 Å². The van der Waals surface area contributed by atoms with E-state index >= 15 is 0 Å². The van der Waals surface area contributed by atoms with Gasteiger partial charge in [0.25, 0.3) is 0 Å². The minimum Gasteiger partial charge on any atom is -0.339 e. The molecule has 0 saturated carbocycles. The zero-order chi connectivity index (χ0) is 13.7. The molecule has 0 unspecified atom stereocenters. The molecule has 0 N–H and O–H groups in total. The van der Waals surface area contributed by atoms with Crippen LogP contribution in [0.3, 0.4) is 0 Å². The molecule has 0 bridgehead atoms. The number of benzene rings is 1. The summed E-state index contributed by atoms with van der Waals surface area (Å²) in [5, 5.41) is 4.55. The van der Waals surface area contributed by atoms with Gasteiger partial charge in [0.2, 0.25) is 5.89 Å². The van der Waals surface area contributed by atoms with E-state index in [9.17, 15) is 4.79 Å². The predicted octanol–water partition coefficient (Wildman–Crippen LogP) is 3.23. The lowest BCUT2D eigenvalue weighted by atomic mass is 10.1. The van der Waals surface area contributed by atoms with Crippen LogP contribution in [0.15, 0.2) is 28.8 Å². The van der Waals surface area contributed by atoms with E-state index in [0.29, 0.717) is 29.6 Å². The molecule has 0 aliphatic rings. The van der Waals surface area contributed by atoms with Crippen molar-refractivity contribution in [1.29, 1.82) is 0 Å². The van der Waals surface area contributed by atoms with Crippen molar-refractivity contribution in [2.24, 2.45) is 0 Å². The topological polar surface area (TPSA) is 56.0 Å². The van der Waals surface area contributed by atoms with Gasteiger partial charge in [-0.15, -0.1) is 0 Å². The third-order valence-electron chi connectivity index (χ3n) is 2.64. The van der Waals surface area contributed by atoms with Crippen molar-refractivity contribution >= 4 is 17.4 Å². The number of Topliss-reactive ketones (excluding diaryl/α,β-unsaturated/α-hetero) is 1. The lowest BCUT2D eigenvalue weighted by Crippen LogP contribution is -2.02. The Bertz CT molecular complexity index is 566. The van der Waals surface area contributed by atoms with Gasteiger partial charge in [0, 0.05) is 17.9 Å². The van der Waals surface area contributed by atoms with Gasteiger partial charge in [-0.2, -0.15) is 4.98 Å². The first-order chi connectivity index (χ1) is 9.17. The second-order valence-electron chi connectivity index (χ2n) is 4.38. The Morgan fingerprint density at radius 1 is 1.42 bits per heavy atom. The van der Waals surface area contributed by atoms with Crippen LogP contribution in [0.1, 0.15) is 37.0 Å². The molecule has 1 heterocycles. The first-order valence-corrected chi connectivity index (χ1v) is 6.62. The van der Waals surface area contributed by atoms with Gasteiger partial charge >= 0.3 is 0 Å². The molecule has 0 radical (unpaired) electrons. The third kappa shape index (κ3) is 4.17. The van der Waals surface area contributed by atoms with Crippen LogP contribution in [0.25, 0.3) is 0 Å². The molecule has 1 aromatic heterocycles. The fraction of sp³-hybridized carbons (Fsp3) is 0.357. The molecule has 0 fully saturated rings. The summed E-state index contributed by atoms with van der Waals surface area (Å²) in [7, 11) is 0. The van der Waals surface area contributed by atoms with E-state index in [1.54, 1.807) is 0 Å². The minimum absolute atomic E-state index is 0.125. The maximum atomic E-state index is 11.5. The van der Waals surface area contributed by atoms with Crippen molar-refractivity contribution in [1.82, 2.24) is 10.1 Å². The van der Waals surface area contributed by atoms with E-state index in [-0.39, 0.29) is 12.2 Å². The van der Waals surface area contributed by atoms with E-state index in [1.165, 1.54) is 0 Å². The number of carbonyl (C=O) groups excluding carboxylic acids is 1. The van der Waals surface area contributed by atoms with E-state index in [2.05, 4.69) is 10.1 Å².